The van der Waals surface area contributed by atoms with Crippen LogP contribution in [0.2, 0.25) is 0 Å². The van der Waals surface area contributed by atoms with E-state index in [2.05, 4.69) is 20.3 Å². The maximum atomic E-state index is 11.9. The molecule has 0 unspecified atom stereocenters. The highest BCUT2D eigenvalue weighted by atomic mass is 32.1. The SMILES string of the molecule is Cc1cnc([C@@H](C)NC(=O)c2scnc2C)[nH]1. The molecule has 0 aliphatic carbocycles. The minimum absolute atomic E-state index is 0.105. The first-order valence-corrected chi connectivity index (χ1v) is 6.18. The molecule has 0 aliphatic heterocycles. The van der Waals surface area contributed by atoms with Crippen molar-refractivity contribution in [3.05, 3.63) is 33.8 Å². The summed E-state index contributed by atoms with van der Waals surface area (Å²) in [7, 11) is 0. The lowest BCUT2D eigenvalue weighted by Gasteiger charge is -2.10. The lowest BCUT2D eigenvalue weighted by molar-refractivity contribution is 0.0941. The molecule has 17 heavy (non-hydrogen) atoms. The summed E-state index contributed by atoms with van der Waals surface area (Å²) in [4.78, 5) is 23.9. The average molecular weight is 250 g/mol. The van der Waals surface area contributed by atoms with Crippen molar-refractivity contribution in [1.29, 1.82) is 0 Å². The Morgan fingerprint density at radius 2 is 2.24 bits per heavy atom. The highest BCUT2D eigenvalue weighted by Gasteiger charge is 2.16. The van der Waals surface area contributed by atoms with Crippen LogP contribution >= 0.6 is 11.3 Å². The molecule has 0 radical (unpaired) electrons. The third-order valence-corrected chi connectivity index (χ3v) is 3.36. The largest absolute Gasteiger partial charge is 0.344 e. The standard InChI is InChI=1S/C11H14N4OS/c1-6-4-12-10(14-6)8(3)15-11(16)9-7(2)13-5-17-9/h4-5,8H,1-3H3,(H,12,14)(H,15,16)/t8-/m1/s1. The van der Waals surface area contributed by atoms with Gasteiger partial charge in [-0.25, -0.2) is 9.97 Å². The normalized spacial score (nSPS) is 12.4. The van der Waals surface area contributed by atoms with Gasteiger partial charge < -0.3 is 10.3 Å². The van der Waals surface area contributed by atoms with Crippen LogP contribution in [0.25, 0.3) is 0 Å². The summed E-state index contributed by atoms with van der Waals surface area (Å²) in [5, 5.41) is 2.89. The number of rotatable bonds is 3. The molecule has 0 bridgehead atoms. The van der Waals surface area contributed by atoms with Gasteiger partial charge >= 0.3 is 0 Å². The van der Waals surface area contributed by atoms with Gasteiger partial charge in [0.1, 0.15) is 10.7 Å². The van der Waals surface area contributed by atoms with Crippen LogP contribution in [-0.4, -0.2) is 20.9 Å². The van der Waals surface area contributed by atoms with Crippen LogP contribution in [0.1, 0.15) is 39.8 Å². The fraction of sp³-hybridized carbons (Fsp3) is 0.364. The zero-order valence-corrected chi connectivity index (χ0v) is 10.8. The average Bonchev–Trinajstić information content (AvgIpc) is 2.86. The summed E-state index contributed by atoms with van der Waals surface area (Å²) in [5.41, 5.74) is 3.41. The Kier molecular flexibility index (Phi) is 3.23. The minimum Gasteiger partial charge on any atom is -0.344 e. The number of carbonyl (C=O) groups excluding carboxylic acids is 1. The Morgan fingerprint density at radius 1 is 1.47 bits per heavy atom. The predicted molar refractivity (Wildman–Crippen MR) is 66.1 cm³/mol. The highest BCUT2D eigenvalue weighted by Crippen LogP contribution is 2.14. The van der Waals surface area contributed by atoms with Gasteiger partial charge in [0.2, 0.25) is 0 Å². The zero-order chi connectivity index (χ0) is 12.4. The van der Waals surface area contributed by atoms with Gasteiger partial charge in [-0.05, 0) is 20.8 Å². The number of thiazole rings is 1. The molecule has 0 aliphatic rings. The van der Waals surface area contributed by atoms with E-state index in [9.17, 15) is 4.79 Å². The van der Waals surface area contributed by atoms with E-state index in [0.717, 1.165) is 17.2 Å². The van der Waals surface area contributed by atoms with Crippen molar-refractivity contribution in [2.24, 2.45) is 0 Å². The van der Waals surface area contributed by atoms with Crippen LogP contribution in [-0.2, 0) is 0 Å². The van der Waals surface area contributed by atoms with Gasteiger partial charge in [-0.2, -0.15) is 0 Å². The number of hydrogen-bond acceptors (Lipinski definition) is 4. The summed E-state index contributed by atoms with van der Waals surface area (Å²) >= 11 is 1.35. The van der Waals surface area contributed by atoms with E-state index in [-0.39, 0.29) is 11.9 Å². The number of aryl methyl sites for hydroxylation is 2. The Labute approximate surface area is 103 Å². The Bertz CT molecular complexity index is 531. The third-order valence-electron chi connectivity index (χ3n) is 2.43. The molecule has 2 heterocycles. The molecular weight excluding hydrogens is 236 g/mol. The monoisotopic (exact) mass is 250 g/mol. The molecule has 0 saturated heterocycles. The van der Waals surface area contributed by atoms with Crippen LogP contribution in [0.15, 0.2) is 11.7 Å². The zero-order valence-electron chi connectivity index (χ0n) is 9.94. The molecule has 90 valence electrons. The molecule has 2 aromatic rings. The van der Waals surface area contributed by atoms with Gasteiger partial charge in [-0.3, -0.25) is 4.79 Å². The maximum Gasteiger partial charge on any atom is 0.263 e. The van der Waals surface area contributed by atoms with E-state index in [1.54, 1.807) is 11.7 Å². The molecule has 0 aromatic carbocycles. The topological polar surface area (TPSA) is 70.7 Å². The number of nitrogens with zero attached hydrogens (tertiary/aromatic N) is 2. The Balaban J connectivity index is 2.07. The minimum atomic E-state index is -0.141. The quantitative estimate of drug-likeness (QED) is 0.875. The van der Waals surface area contributed by atoms with Crippen molar-refractivity contribution < 1.29 is 4.79 Å². The fourth-order valence-electron chi connectivity index (χ4n) is 1.50. The van der Waals surface area contributed by atoms with Crippen LogP contribution in [0.5, 0.6) is 0 Å². The van der Waals surface area contributed by atoms with Crippen molar-refractivity contribution in [1.82, 2.24) is 20.3 Å². The van der Waals surface area contributed by atoms with Gasteiger partial charge in [0, 0.05) is 11.9 Å². The van der Waals surface area contributed by atoms with Crippen molar-refractivity contribution in [3.8, 4) is 0 Å². The number of carbonyl (C=O) groups is 1. The first-order valence-electron chi connectivity index (χ1n) is 5.30. The lowest BCUT2D eigenvalue weighted by Crippen LogP contribution is -2.27. The molecule has 5 nitrogen and oxygen atoms in total. The van der Waals surface area contributed by atoms with E-state index >= 15 is 0 Å². The molecule has 2 rings (SSSR count). The molecule has 0 fully saturated rings. The van der Waals surface area contributed by atoms with Crippen molar-refractivity contribution >= 4 is 17.2 Å². The number of imidazole rings is 1. The predicted octanol–water partition coefficient (Wildman–Crippen LogP) is 1.97. The number of hydrogen-bond donors (Lipinski definition) is 2. The van der Waals surface area contributed by atoms with E-state index in [0.29, 0.717) is 4.88 Å². The fourth-order valence-corrected chi connectivity index (χ4v) is 2.21. The number of nitrogens with one attached hydrogen (secondary N) is 2. The third kappa shape index (κ3) is 2.52. The van der Waals surface area contributed by atoms with Gasteiger partial charge in [0.05, 0.1) is 17.2 Å². The second-order valence-electron chi connectivity index (χ2n) is 3.91. The maximum absolute atomic E-state index is 11.9. The van der Waals surface area contributed by atoms with E-state index < -0.39 is 0 Å². The van der Waals surface area contributed by atoms with Gasteiger partial charge in [-0.15, -0.1) is 11.3 Å². The van der Waals surface area contributed by atoms with Crippen molar-refractivity contribution in [2.45, 2.75) is 26.8 Å². The van der Waals surface area contributed by atoms with Crippen LogP contribution < -0.4 is 5.32 Å². The number of aromatic nitrogens is 3. The Morgan fingerprint density at radius 3 is 2.76 bits per heavy atom. The number of aromatic amines is 1. The summed E-state index contributed by atoms with van der Waals surface area (Å²) in [6, 6.07) is -0.141. The second-order valence-corrected chi connectivity index (χ2v) is 4.77. The van der Waals surface area contributed by atoms with Gasteiger partial charge in [0.15, 0.2) is 0 Å². The van der Waals surface area contributed by atoms with Crippen LogP contribution in [0, 0.1) is 13.8 Å². The molecule has 1 atom stereocenters. The smallest absolute Gasteiger partial charge is 0.263 e. The van der Waals surface area contributed by atoms with E-state index in [4.69, 9.17) is 0 Å². The van der Waals surface area contributed by atoms with Gasteiger partial charge in [-0.1, -0.05) is 0 Å². The first-order chi connectivity index (χ1) is 8.08. The summed E-state index contributed by atoms with van der Waals surface area (Å²) < 4.78 is 0. The molecule has 1 amide bonds. The van der Waals surface area contributed by atoms with E-state index in [1.807, 2.05) is 20.8 Å². The summed E-state index contributed by atoms with van der Waals surface area (Å²) in [6.45, 7) is 5.65. The van der Waals surface area contributed by atoms with Crippen molar-refractivity contribution in [2.75, 3.05) is 0 Å². The molecule has 6 heteroatoms. The van der Waals surface area contributed by atoms with Crippen LogP contribution in [0.4, 0.5) is 0 Å². The highest BCUT2D eigenvalue weighted by molar-refractivity contribution is 7.11. The number of amides is 1. The first kappa shape index (κ1) is 11.8. The molecule has 0 spiro atoms. The van der Waals surface area contributed by atoms with Gasteiger partial charge in [0.25, 0.3) is 5.91 Å². The van der Waals surface area contributed by atoms with E-state index in [1.165, 1.54) is 11.3 Å². The number of H-pyrrole nitrogens is 1. The molecule has 2 aromatic heterocycles. The lowest BCUT2D eigenvalue weighted by atomic mass is 10.3. The summed E-state index contributed by atoms with van der Waals surface area (Å²) in [5.74, 6) is 0.657. The molecule has 2 N–H and O–H groups in total. The second kappa shape index (κ2) is 4.67. The summed E-state index contributed by atoms with van der Waals surface area (Å²) in [6.07, 6.45) is 1.75. The molecule has 0 saturated carbocycles. The molecular formula is C11H14N4OS. The van der Waals surface area contributed by atoms with Crippen LogP contribution in [0.3, 0.4) is 0 Å². The Hall–Kier alpha value is -1.69. The van der Waals surface area contributed by atoms with Crippen molar-refractivity contribution in [3.63, 3.8) is 0 Å².